The van der Waals surface area contributed by atoms with Gasteiger partial charge in [-0.15, -0.1) is 11.8 Å². The molecule has 1 aliphatic heterocycles. The van der Waals surface area contributed by atoms with Crippen molar-refractivity contribution in [1.82, 2.24) is 4.90 Å². The van der Waals surface area contributed by atoms with Crippen molar-refractivity contribution < 1.29 is 14.3 Å². The predicted molar refractivity (Wildman–Crippen MR) is 69.4 cm³/mol. The van der Waals surface area contributed by atoms with Crippen LogP contribution in [0.3, 0.4) is 0 Å². The van der Waals surface area contributed by atoms with Crippen molar-refractivity contribution in [3.8, 4) is 5.75 Å². The molecule has 2 amide bonds. The lowest BCUT2D eigenvalue weighted by atomic mass is 10.3. The number of hydrogen-bond donors (Lipinski definition) is 1. The standard InChI is InChI=1S/C12H14N2O3S/c1-14-11(15)6-10(12(14)16)18-9-4-3-7(13)5-8(9)17-2/h3-5,10H,6,13H2,1-2H3. The van der Waals surface area contributed by atoms with Crippen LogP contribution in [0.15, 0.2) is 23.1 Å². The largest absolute Gasteiger partial charge is 0.496 e. The Hall–Kier alpha value is -1.69. The second-order valence-electron chi connectivity index (χ2n) is 4.01. The van der Waals surface area contributed by atoms with Crippen molar-refractivity contribution in [2.75, 3.05) is 19.9 Å². The summed E-state index contributed by atoms with van der Waals surface area (Å²) in [6.07, 6.45) is 0.230. The number of nitrogens with two attached hydrogens (primary N) is 1. The highest BCUT2D eigenvalue weighted by Gasteiger charge is 2.37. The van der Waals surface area contributed by atoms with E-state index in [1.165, 1.54) is 23.7 Å². The van der Waals surface area contributed by atoms with Gasteiger partial charge in [-0.1, -0.05) is 0 Å². The predicted octanol–water partition coefficient (Wildman–Crippen LogP) is 1.13. The molecule has 1 saturated heterocycles. The minimum Gasteiger partial charge on any atom is -0.496 e. The summed E-state index contributed by atoms with van der Waals surface area (Å²) in [5, 5.41) is -0.375. The third kappa shape index (κ3) is 2.28. The number of methoxy groups -OCH3 is 1. The van der Waals surface area contributed by atoms with Gasteiger partial charge in [-0.2, -0.15) is 0 Å². The number of hydrogen-bond acceptors (Lipinski definition) is 5. The molecule has 1 fully saturated rings. The molecule has 6 heteroatoms. The monoisotopic (exact) mass is 266 g/mol. The minimum absolute atomic E-state index is 0.146. The summed E-state index contributed by atoms with van der Waals surface area (Å²) < 4.78 is 5.21. The quantitative estimate of drug-likeness (QED) is 0.656. The molecule has 1 atom stereocenters. The van der Waals surface area contributed by atoms with E-state index in [1.54, 1.807) is 25.3 Å². The van der Waals surface area contributed by atoms with E-state index in [0.717, 1.165) is 4.90 Å². The van der Waals surface area contributed by atoms with Gasteiger partial charge in [-0.25, -0.2) is 0 Å². The van der Waals surface area contributed by atoms with Crippen molar-refractivity contribution in [1.29, 1.82) is 0 Å². The van der Waals surface area contributed by atoms with E-state index in [2.05, 4.69) is 0 Å². The Labute approximate surface area is 109 Å². The van der Waals surface area contributed by atoms with E-state index < -0.39 is 0 Å². The van der Waals surface area contributed by atoms with Gasteiger partial charge >= 0.3 is 0 Å². The number of likely N-dealkylation sites (tertiary alicyclic amines) is 1. The van der Waals surface area contributed by atoms with Crippen molar-refractivity contribution in [2.45, 2.75) is 16.6 Å². The fourth-order valence-corrected chi connectivity index (χ4v) is 2.94. The normalized spacial score (nSPS) is 19.4. The third-order valence-corrected chi connectivity index (χ3v) is 4.04. The Balaban J connectivity index is 2.20. The van der Waals surface area contributed by atoms with Gasteiger partial charge in [0.05, 0.1) is 17.3 Å². The molecule has 5 nitrogen and oxygen atoms in total. The number of nitrogens with zero attached hydrogens (tertiary/aromatic N) is 1. The first kappa shape index (κ1) is 12.8. The molecule has 2 N–H and O–H groups in total. The molecule has 0 aromatic heterocycles. The number of ether oxygens (including phenoxy) is 1. The van der Waals surface area contributed by atoms with Crippen molar-refractivity contribution in [3.63, 3.8) is 0 Å². The lowest BCUT2D eigenvalue weighted by Crippen LogP contribution is -2.26. The number of amides is 2. The van der Waals surface area contributed by atoms with E-state index in [-0.39, 0.29) is 23.5 Å². The first-order valence-corrected chi connectivity index (χ1v) is 6.31. The first-order valence-electron chi connectivity index (χ1n) is 5.43. The molecule has 2 rings (SSSR count). The van der Waals surface area contributed by atoms with Crippen LogP contribution in [0, 0.1) is 0 Å². The Morgan fingerprint density at radius 1 is 1.44 bits per heavy atom. The fraction of sp³-hybridized carbons (Fsp3) is 0.333. The molecular formula is C12H14N2O3S. The number of imide groups is 1. The highest BCUT2D eigenvalue weighted by molar-refractivity contribution is 8.00. The first-order chi connectivity index (χ1) is 8.52. The zero-order chi connectivity index (χ0) is 13.3. The number of rotatable bonds is 3. The Morgan fingerprint density at radius 2 is 2.17 bits per heavy atom. The second-order valence-corrected chi connectivity index (χ2v) is 5.26. The van der Waals surface area contributed by atoms with Gasteiger partial charge in [0, 0.05) is 25.2 Å². The maximum absolute atomic E-state index is 11.8. The number of benzene rings is 1. The highest BCUT2D eigenvalue weighted by atomic mass is 32.2. The van der Waals surface area contributed by atoms with Crippen LogP contribution in [0.5, 0.6) is 5.75 Å². The molecule has 0 saturated carbocycles. The summed E-state index contributed by atoms with van der Waals surface area (Å²) in [4.78, 5) is 25.2. The van der Waals surface area contributed by atoms with Crippen LogP contribution >= 0.6 is 11.8 Å². The van der Waals surface area contributed by atoms with E-state index in [4.69, 9.17) is 10.5 Å². The average Bonchev–Trinajstić information content (AvgIpc) is 2.59. The molecule has 1 aromatic rings. The lowest BCUT2D eigenvalue weighted by Gasteiger charge is -2.12. The van der Waals surface area contributed by atoms with Crippen LogP contribution in [0.4, 0.5) is 5.69 Å². The maximum Gasteiger partial charge on any atom is 0.242 e. The number of nitrogen functional groups attached to an aromatic ring is 1. The van der Waals surface area contributed by atoms with E-state index >= 15 is 0 Å². The summed E-state index contributed by atoms with van der Waals surface area (Å²) >= 11 is 1.33. The van der Waals surface area contributed by atoms with Crippen LogP contribution in [-0.4, -0.2) is 36.1 Å². The van der Waals surface area contributed by atoms with Crippen LogP contribution < -0.4 is 10.5 Å². The molecule has 0 spiro atoms. The molecule has 1 aromatic carbocycles. The molecule has 1 aliphatic rings. The van der Waals surface area contributed by atoms with Gasteiger partial charge in [0.25, 0.3) is 0 Å². The molecule has 18 heavy (non-hydrogen) atoms. The van der Waals surface area contributed by atoms with Gasteiger partial charge < -0.3 is 10.5 Å². The number of carbonyl (C=O) groups is 2. The van der Waals surface area contributed by atoms with E-state index in [1.807, 2.05) is 0 Å². The molecule has 0 aliphatic carbocycles. The van der Waals surface area contributed by atoms with E-state index in [9.17, 15) is 9.59 Å². The Kier molecular flexibility index (Phi) is 3.47. The van der Waals surface area contributed by atoms with Crippen LogP contribution in [0.1, 0.15) is 6.42 Å². The lowest BCUT2D eigenvalue weighted by molar-refractivity contribution is -0.136. The van der Waals surface area contributed by atoms with Crippen LogP contribution in [0.25, 0.3) is 0 Å². The van der Waals surface area contributed by atoms with Crippen LogP contribution in [0.2, 0.25) is 0 Å². The topological polar surface area (TPSA) is 72.6 Å². The van der Waals surface area contributed by atoms with Gasteiger partial charge in [0.15, 0.2) is 0 Å². The smallest absolute Gasteiger partial charge is 0.242 e. The summed E-state index contributed by atoms with van der Waals surface area (Å²) in [7, 11) is 3.05. The third-order valence-electron chi connectivity index (χ3n) is 2.80. The number of anilines is 1. The van der Waals surface area contributed by atoms with Crippen molar-refractivity contribution >= 4 is 29.3 Å². The second kappa shape index (κ2) is 4.89. The summed E-state index contributed by atoms with van der Waals surface area (Å²) in [5.74, 6) is 0.311. The van der Waals surface area contributed by atoms with E-state index in [0.29, 0.717) is 11.4 Å². The summed E-state index contributed by atoms with van der Waals surface area (Å²) in [6.45, 7) is 0. The summed E-state index contributed by atoms with van der Waals surface area (Å²) in [5.41, 5.74) is 6.26. The van der Waals surface area contributed by atoms with Gasteiger partial charge in [0.1, 0.15) is 5.75 Å². The number of thioether (sulfide) groups is 1. The fourth-order valence-electron chi connectivity index (χ4n) is 1.75. The van der Waals surface area contributed by atoms with Crippen molar-refractivity contribution in [3.05, 3.63) is 18.2 Å². The molecular weight excluding hydrogens is 252 g/mol. The minimum atomic E-state index is -0.375. The zero-order valence-corrected chi connectivity index (χ0v) is 11.0. The Morgan fingerprint density at radius 3 is 2.72 bits per heavy atom. The summed E-state index contributed by atoms with van der Waals surface area (Å²) in [6, 6.07) is 5.25. The molecule has 0 radical (unpaired) electrons. The van der Waals surface area contributed by atoms with Gasteiger partial charge in [0.2, 0.25) is 11.8 Å². The zero-order valence-electron chi connectivity index (χ0n) is 10.2. The molecule has 96 valence electrons. The average molecular weight is 266 g/mol. The SMILES string of the molecule is COc1cc(N)ccc1SC1CC(=O)N(C)C1=O. The van der Waals surface area contributed by atoms with Gasteiger partial charge in [-0.3, -0.25) is 14.5 Å². The molecule has 1 unspecified atom stereocenters. The van der Waals surface area contributed by atoms with Crippen LogP contribution in [-0.2, 0) is 9.59 Å². The Bertz CT molecular complexity index is 504. The van der Waals surface area contributed by atoms with Crippen molar-refractivity contribution in [2.24, 2.45) is 0 Å². The maximum atomic E-state index is 11.8. The van der Waals surface area contributed by atoms with Gasteiger partial charge in [-0.05, 0) is 12.1 Å². The molecule has 1 heterocycles. The number of carbonyl (C=O) groups excluding carboxylic acids is 2. The molecule has 0 bridgehead atoms. The highest BCUT2D eigenvalue weighted by Crippen LogP contribution is 2.37.